The lowest BCUT2D eigenvalue weighted by Crippen LogP contribution is -2.60. The van der Waals surface area contributed by atoms with Crippen LogP contribution in [0.4, 0.5) is 0 Å². The average molecular weight is 383 g/mol. The molecule has 0 aliphatic carbocycles. The summed E-state index contributed by atoms with van der Waals surface area (Å²) in [6.07, 6.45) is 2.85. The molecule has 1 aromatic heterocycles. The Morgan fingerprint density at radius 1 is 1.32 bits per heavy atom. The second-order valence-electron chi connectivity index (χ2n) is 7.44. The van der Waals surface area contributed by atoms with Gasteiger partial charge in [0, 0.05) is 24.5 Å². The highest BCUT2D eigenvalue weighted by Gasteiger charge is 2.37. The van der Waals surface area contributed by atoms with Crippen LogP contribution < -0.4 is 15.4 Å². The molecule has 3 atom stereocenters. The number of fused-ring (bicyclic) bond motifs is 1. The number of aromatic nitrogens is 1. The minimum absolute atomic E-state index is 0.0171. The molecule has 2 aliphatic rings. The highest BCUT2D eigenvalue weighted by Crippen LogP contribution is 2.24. The summed E-state index contributed by atoms with van der Waals surface area (Å²) in [5.74, 6) is 0.573. The zero-order valence-corrected chi connectivity index (χ0v) is 16.2. The van der Waals surface area contributed by atoms with Crippen LogP contribution in [0.3, 0.4) is 0 Å². The van der Waals surface area contributed by atoms with E-state index in [4.69, 9.17) is 9.47 Å². The van der Waals surface area contributed by atoms with Crippen molar-refractivity contribution in [2.24, 2.45) is 0 Å². The van der Waals surface area contributed by atoms with Crippen LogP contribution in [0, 0.1) is 6.92 Å². The van der Waals surface area contributed by atoms with Gasteiger partial charge in [0.15, 0.2) is 0 Å². The van der Waals surface area contributed by atoms with Crippen molar-refractivity contribution < 1.29 is 19.1 Å². The Morgan fingerprint density at radius 2 is 2.18 bits per heavy atom. The van der Waals surface area contributed by atoms with Crippen molar-refractivity contribution in [3.8, 4) is 5.75 Å². The molecule has 0 saturated carbocycles. The number of aryl methyl sites for hydroxylation is 1. The Bertz CT molecular complexity index is 908. The molecule has 3 heterocycles. The molecule has 2 aromatic rings. The van der Waals surface area contributed by atoms with Crippen LogP contribution in [0.25, 0.3) is 10.9 Å². The number of nitrogens with zero attached hydrogens (tertiary/aromatic N) is 1. The van der Waals surface area contributed by atoms with E-state index in [1.165, 1.54) is 0 Å². The Hall–Kier alpha value is -2.67. The smallest absolute Gasteiger partial charge is 0.253 e. The van der Waals surface area contributed by atoms with Gasteiger partial charge in [0.2, 0.25) is 5.91 Å². The van der Waals surface area contributed by atoms with Crippen LogP contribution in [0.2, 0.25) is 0 Å². The maximum Gasteiger partial charge on any atom is 0.253 e. The molecule has 7 nitrogen and oxygen atoms in total. The minimum atomic E-state index is -0.189. The van der Waals surface area contributed by atoms with E-state index in [-0.39, 0.29) is 30.0 Å². The summed E-state index contributed by atoms with van der Waals surface area (Å²) in [5.41, 5.74) is 1.99. The molecule has 1 aromatic carbocycles. The lowest BCUT2D eigenvalue weighted by Gasteiger charge is -2.36. The van der Waals surface area contributed by atoms with Crippen LogP contribution >= 0.6 is 0 Å². The molecule has 28 heavy (non-hydrogen) atoms. The van der Waals surface area contributed by atoms with Gasteiger partial charge in [0.25, 0.3) is 5.91 Å². The summed E-state index contributed by atoms with van der Waals surface area (Å²) in [6, 6.07) is 7.12. The van der Waals surface area contributed by atoms with Crippen molar-refractivity contribution in [1.29, 1.82) is 0 Å². The number of pyridine rings is 1. The maximum atomic E-state index is 13.0. The first kappa shape index (κ1) is 18.7. The Labute approximate surface area is 163 Å². The predicted octanol–water partition coefficient (Wildman–Crippen LogP) is 2.11. The second kappa shape index (κ2) is 7.75. The monoisotopic (exact) mass is 383 g/mol. The fourth-order valence-corrected chi connectivity index (χ4v) is 4.07. The number of methoxy groups -OCH3 is 1. The number of nitrogens with one attached hydrogen (secondary N) is 2. The number of ether oxygens (including phenoxy) is 2. The molecular formula is C21H25N3O4. The van der Waals surface area contributed by atoms with E-state index in [1.807, 2.05) is 31.2 Å². The van der Waals surface area contributed by atoms with Gasteiger partial charge >= 0.3 is 0 Å². The summed E-state index contributed by atoms with van der Waals surface area (Å²) in [4.78, 5) is 29.5. The summed E-state index contributed by atoms with van der Waals surface area (Å²) < 4.78 is 11.0. The van der Waals surface area contributed by atoms with Crippen LogP contribution in [0.1, 0.15) is 41.7 Å². The number of carbonyl (C=O) groups is 2. The normalized spacial score (nSPS) is 24.8. The van der Waals surface area contributed by atoms with Gasteiger partial charge in [-0.15, -0.1) is 0 Å². The third-order valence-corrected chi connectivity index (χ3v) is 5.59. The van der Waals surface area contributed by atoms with E-state index in [2.05, 4.69) is 15.6 Å². The number of amides is 2. The van der Waals surface area contributed by atoms with Crippen molar-refractivity contribution in [3.05, 3.63) is 35.5 Å². The largest absolute Gasteiger partial charge is 0.497 e. The second-order valence-corrected chi connectivity index (χ2v) is 7.44. The molecule has 148 valence electrons. The van der Waals surface area contributed by atoms with Gasteiger partial charge in [-0.25, -0.2) is 0 Å². The highest BCUT2D eigenvalue weighted by atomic mass is 16.5. The third kappa shape index (κ3) is 3.67. The quantitative estimate of drug-likeness (QED) is 0.844. The first-order valence-corrected chi connectivity index (χ1v) is 9.72. The zero-order valence-electron chi connectivity index (χ0n) is 16.2. The van der Waals surface area contributed by atoms with Crippen molar-refractivity contribution in [1.82, 2.24) is 15.6 Å². The molecular weight excluding hydrogens is 358 g/mol. The van der Waals surface area contributed by atoms with E-state index < -0.39 is 0 Å². The fourth-order valence-electron chi connectivity index (χ4n) is 4.07. The Kier molecular flexibility index (Phi) is 5.17. The first-order chi connectivity index (χ1) is 13.5. The maximum absolute atomic E-state index is 13.0. The van der Waals surface area contributed by atoms with Crippen molar-refractivity contribution in [3.63, 3.8) is 0 Å². The molecule has 4 rings (SSSR count). The standard InChI is InChI=1S/C21H25N3O4/c1-12-15(10-13-5-6-14(27-2)11-17(13)22-12)21(26)23-16-7-8-19(25)24-20(16)18-4-3-9-28-18/h5-6,10-11,16,18,20H,3-4,7-9H2,1-2H3,(H,23,26)(H,24,25)/t16-,18-,20+/m1/s1. The van der Waals surface area contributed by atoms with Gasteiger partial charge in [-0.05, 0) is 44.4 Å². The molecule has 0 spiro atoms. The molecule has 2 amide bonds. The van der Waals surface area contributed by atoms with Gasteiger partial charge in [-0.1, -0.05) is 0 Å². The minimum Gasteiger partial charge on any atom is -0.497 e. The number of hydrogen-bond donors (Lipinski definition) is 2. The van der Waals surface area contributed by atoms with Crippen molar-refractivity contribution in [2.45, 2.75) is 50.8 Å². The van der Waals surface area contributed by atoms with Crippen molar-refractivity contribution in [2.75, 3.05) is 13.7 Å². The SMILES string of the molecule is COc1ccc2cc(C(=O)N[C@@H]3CCC(=O)N[C@@H]3[C@H]3CCCO3)c(C)nc2c1. The lowest BCUT2D eigenvalue weighted by molar-refractivity contribution is -0.125. The Morgan fingerprint density at radius 3 is 2.93 bits per heavy atom. The number of carbonyl (C=O) groups excluding carboxylic acids is 2. The van der Waals surface area contributed by atoms with Gasteiger partial charge in [-0.2, -0.15) is 0 Å². The molecule has 2 N–H and O–H groups in total. The Balaban J connectivity index is 1.56. The zero-order chi connectivity index (χ0) is 19.7. The molecule has 2 saturated heterocycles. The predicted molar refractivity (Wildman–Crippen MR) is 104 cm³/mol. The fraction of sp³-hybridized carbons (Fsp3) is 0.476. The van der Waals surface area contributed by atoms with Gasteiger partial charge < -0.3 is 20.1 Å². The average Bonchev–Trinajstić information content (AvgIpc) is 3.22. The van der Waals surface area contributed by atoms with E-state index >= 15 is 0 Å². The topological polar surface area (TPSA) is 89.5 Å². The third-order valence-electron chi connectivity index (χ3n) is 5.59. The molecule has 0 bridgehead atoms. The van der Waals surface area contributed by atoms with E-state index in [1.54, 1.807) is 7.11 Å². The highest BCUT2D eigenvalue weighted by molar-refractivity contribution is 5.99. The molecule has 0 unspecified atom stereocenters. The van der Waals surface area contributed by atoms with Gasteiger partial charge in [-0.3, -0.25) is 14.6 Å². The summed E-state index contributed by atoms with van der Waals surface area (Å²) >= 11 is 0. The summed E-state index contributed by atoms with van der Waals surface area (Å²) in [5, 5.41) is 7.01. The molecule has 7 heteroatoms. The van der Waals surface area contributed by atoms with E-state index in [0.29, 0.717) is 30.7 Å². The molecule has 0 radical (unpaired) electrons. The first-order valence-electron chi connectivity index (χ1n) is 9.72. The van der Waals surface area contributed by atoms with Crippen LogP contribution in [0.5, 0.6) is 5.75 Å². The molecule has 2 fully saturated rings. The van der Waals surface area contributed by atoms with Crippen molar-refractivity contribution >= 4 is 22.7 Å². The summed E-state index contributed by atoms with van der Waals surface area (Å²) in [6.45, 7) is 2.53. The molecule has 2 aliphatic heterocycles. The van der Waals surface area contributed by atoms with Gasteiger partial charge in [0.05, 0.1) is 42.1 Å². The van der Waals surface area contributed by atoms with Gasteiger partial charge in [0.1, 0.15) is 5.75 Å². The number of rotatable bonds is 4. The summed E-state index contributed by atoms with van der Waals surface area (Å²) in [7, 11) is 1.61. The van der Waals surface area contributed by atoms with Crippen LogP contribution in [-0.2, 0) is 9.53 Å². The van der Waals surface area contributed by atoms with E-state index in [0.717, 1.165) is 29.5 Å². The van der Waals surface area contributed by atoms with Crippen LogP contribution in [-0.4, -0.2) is 48.7 Å². The number of benzene rings is 1. The van der Waals surface area contributed by atoms with E-state index in [9.17, 15) is 9.59 Å². The number of hydrogen-bond acceptors (Lipinski definition) is 5. The van der Waals surface area contributed by atoms with Crippen LogP contribution in [0.15, 0.2) is 24.3 Å². The lowest BCUT2D eigenvalue weighted by atomic mass is 9.92. The number of piperidine rings is 1.